The Labute approximate surface area is 149 Å². The Bertz CT molecular complexity index is 289. The topological polar surface area (TPSA) is 34.1 Å². The van der Waals surface area contributed by atoms with Crippen molar-refractivity contribution in [2.75, 3.05) is 0 Å². The summed E-state index contributed by atoms with van der Waals surface area (Å²) in [7, 11) is 0. The predicted octanol–water partition coefficient (Wildman–Crippen LogP) is 6.66. The van der Waals surface area contributed by atoms with E-state index in [0.29, 0.717) is 6.42 Å². The summed E-state index contributed by atoms with van der Waals surface area (Å²) in [4.78, 5) is 22.0. The molecule has 0 aliphatic heterocycles. The summed E-state index contributed by atoms with van der Waals surface area (Å²) >= 11 is 3.63. The third kappa shape index (κ3) is 19.6. The molecule has 0 N–H and O–H groups in total. The van der Waals surface area contributed by atoms with Crippen molar-refractivity contribution in [3.8, 4) is 0 Å². The van der Waals surface area contributed by atoms with Gasteiger partial charge in [-0.1, -0.05) is 96.8 Å². The van der Waals surface area contributed by atoms with Gasteiger partial charge in [-0.05, 0) is 6.42 Å². The molecule has 0 saturated carbocycles. The zero-order valence-electron chi connectivity index (χ0n) is 15.3. The second-order valence-corrected chi connectivity index (χ2v) is 7.31. The molecule has 0 aliphatic carbocycles. The molecular formula is C20H38O2S. The van der Waals surface area contributed by atoms with Crippen LogP contribution in [0.15, 0.2) is 0 Å². The molecule has 3 heteroatoms. The Balaban J connectivity index is 3.08. The minimum atomic E-state index is -0.309. The molecule has 0 fully saturated rings. The number of hydrogen-bond acceptors (Lipinski definition) is 2. The molecular weight excluding hydrogens is 304 g/mol. The maximum atomic E-state index is 11.3. The van der Waals surface area contributed by atoms with Crippen LogP contribution in [-0.4, -0.2) is 10.9 Å². The third-order valence-corrected chi connectivity index (χ3v) is 4.57. The standard InChI is InChI=1S/C20H38O2S/c1-2-3-4-5-6-7-8-9-10-11-12-13-14-15-16-17-19(21)18-20(22)23/h2-18H2,1H3,(H,22,23). The molecule has 0 rings (SSSR count). The van der Waals surface area contributed by atoms with E-state index >= 15 is 0 Å². The van der Waals surface area contributed by atoms with E-state index in [4.69, 9.17) is 0 Å². The zero-order chi connectivity index (χ0) is 17.2. The molecule has 0 atom stereocenters. The fourth-order valence-electron chi connectivity index (χ4n) is 2.95. The van der Waals surface area contributed by atoms with Crippen LogP contribution in [0, 0.1) is 0 Å². The number of thiol groups is 1. The van der Waals surface area contributed by atoms with E-state index in [1.807, 2.05) is 0 Å². The van der Waals surface area contributed by atoms with E-state index in [9.17, 15) is 9.59 Å². The summed E-state index contributed by atoms with van der Waals surface area (Å²) in [6.07, 6.45) is 20.4. The molecule has 0 bridgehead atoms. The lowest BCUT2D eigenvalue weighted by Gasteiger charge is -2.03. The lowest BCUT2D eigenvalue weighted by atomic mass is 10.0. The number of rotatable bonds is 18. The third-order valence-electron chi connectivity index (χ3n) is 4.41. The first kappa shape index (κ1) is 22.7. The second kappa shape index (κ2) is 18.0. The Kier molecular flexibility index (Phi) is 17.8. The van der Waals surface area contributed by atoms with Crippen molar-refractivity contribution >= 4 is 23.5 Å². The molecule has 0 aromatic heterocycles. The van der Waals surface area contributed by atoms with Crippen molar-refractivity contribution in [2.24, 2.45) is 0 Å². The van der Waals surface area contributed by atoms with Gasteiger partial charge in [0.15, 0.2) is 5.12 Å². The minimum absolute atomic E-state index is 0.00170. The lowest BCUT2D eigenvalue weighted by Crippen LogP contribution is -2.02. The Morgan fingerprint density at radius 1 is 0.609 bits per heavy atom. The number of Topliss-reactive ketones (excluding diaryl/α,β-unsaturated/α-hetero) is 1. The van der Waals surface area contributed by atoms with Gasteiger partial charge in [0, 0.05) is 6.42 Å². The normalized spacial score (nSPS) is 10.9. The van der Waals surface area contributed by atoms with Gasteiger partial charge < -0.3 is 0 Å². The highest BCUT2D eigenvalue weighted by molar-refractivity contribution is 7.96. The Morgan fingerprint density at radius 3 is 1.30 bits per heavy atom. The van der Waals surface area contributed by atoms with Crippen molar-refractivity contribution in [1.82, 2.24) is 0 Å². The number of carbonyl (C=O) groups excluding carboxylic acids is 2. The lowest BCUT2D eigenvalue weighted by molar-refractivity contribution is -0.123. The van der Waals surface area contributed by atoms with Gasteiger partial charge in [0.2, 0.25) is 0 Å². The van der Waals surface area contributed by atoms with E-state index < -0.39 is 0 Å². The van der Waals surface area contributed by atoms with E-state index in [-0.39, 0.29) is 17.3 Å². The molecule has 0 radical (unpaired) electrons. The molecule has 0 saturated heterocycles. The average Bonchev–Trinajstić information content (AvgIpc) is 2.50. The summed E-state index contributed by atoms with van der Waals surface area (Å²) in [5.41, 5.74) is 0. The van der Waals surface area contributed by atoms with Crippen molar-refractivity contribution in [3.05, 3.63) is 0 Å². The minimum Gasteiger partial charge on any atom is -0.299 e. The number of hydrogen-bond donors (Lipinski definition) is 1. The number of carbonyl (C=O) groups is 2. The summed E-state index contributed by atoms with van der Waals surface area (Å²) in [6.45, 7) is 2.27. The van der Waals surface area contributed by atoms with Crippen molar-refractivity contribution < 1.29 is 9.59 Å². The Morgan fingerprint density at radius 2 is 0.957 bits per heavy atom. The van der Waals surface area contributed by atoms with Crippen LogP contribution >= 0.6 is 12.6 Å². The van der Waals surface area contributed by atoms with Crippen LogP contribution in [0.1, 0.15) is 116 Å². The van der Waals surface area contributed by atoms with Crippen LogP contribution in [0.2, 0.25) is 0 Å². The van der Waals surface area contributed by atoms with Gasteiger partial charge in [0.05, 0.1) is 6.42 Å². The van der Waals surface area contributed by atoms with E-state index in [1.54, 1.807) is 0 Å². The van der Waals surface area contributed by atoms with E-state index in [2.05, 4.69) is 19.6 Å². The van der Waals surface area contributed by atoms with E-state index in [0.717, 1.165) is 12.8 Å². The van der Waals surface area contributed by atoms with Crippen LogP contribution in [0.25, 0.3) is 0 Å². The monoisotopic (exact) mass is 342 g/mol. The highest BCUT2D eigenvalue weighted by Gasteiger charge is 2.05. The molecule has 23 heavy (non-hydrogen) atoms. The average molecular weight is 343 g/mol. The molecule has 0 aromatic carbocycles. The summed E-state index contributed by atoms with van der Waals surface area (Å²) in [6, 6.07) is 0. The highest BCUT2D eigenvalue weighted by atomic mass is 32.1. The number of unbranched alkanes of at least 4 members (excludes halogenated alkanes) is 14. The van der Waals surface area contributed by atoms with Gasteiger partial charge in [-0.2, -0.15) is 0 Å². The van der Waals surface area contributed by atoms with E-state index in [1.165, 1.54) is 83.5 Å². The van der Waals surface area contributed by atoms with Gasteiger partial charge in [0.25, 0.3) is 0 Å². The SMILES string of the molecule is CCCCCCCCCCCCCCCCCC(=O)CC(=O)S. The number of ketones is 1. The molecule has 0 aromatic rings. The quantitative estimate of drug-likeness (QED) is 0.172. The predicted molar refractivity (Wildman–Crippen MR) is 103 cm³/mol. The largest absolute Gasteiger partial charge is 0.299 e. The molecule has 0 unspecified atom stereocenters. The molecule has 2 nitrogen and oxygen atoms in total. The van der Waals surface area contributed by atoms with Gasteiger partial charge in [-0.3, -0.25) is 9.59 Å². The Hall–Kier alpha value is -0.310. The fourth-order valence-corrected chi connectivity index (χ4v) is 3.13. The first-order chi connectivity index (χ1) is 11.2. The molecule has 0 spiro atoms. The van der Waals surface area contributed by atoms with Gasteiger partial charge >= 0.3 is 0 Å². The second-order valence-electron chi connectivity index (χ2n) is 6.81. The van der Waals surface area contributed by atoms with Crippen molar-refractivity contribution in [1.29, 1.82) is 0 Å². The summed E-state index contributed by atoms with van der Waals surface area (Å²) in [5, 5.41) is -0.309. The zero-order valence-corrected chi connectivity index (χ0v) is 16.2. The van der Waals surface area contributed by atoms with Gasteiger partial charge in [-0.25, -0.2) is 0 Å². The highest BCUT2D eigenvalue weighted by Crippen LogP contribution is 2.13. The van der Waals surface area contributed by atoms with Gasteiger partial charge in [0.1, 0.15) is 5.78 Å². The van der Waals surface area contributed by atoms with Crippen molar-refractivity contribution in [2.45, 2.75) is 116 Å². The van der Waals surface area contributed by atoms with Crippen LogP contribution in [0.5, 0.6) is 0 Å². The fraction of sp³-hybridized carbons (Fsp3) is 0.900. The summed E-state index contributed by atoms with van der Waals surface area (Å²) < 4.78 is 0. The molecule has 0 heterocycles. The smallest absolute Gasteiger partial charge is 0.193 e. The van der Waals surface area contributed by atoms with Crippen LogP contribution in [0.4, 0.5) is 0 Å². The molecule has 0 aliphatic rings. The van der Waals surface area contributed by atoms with Crippen LogP contribution in [0.3, 0.4) is 0 Å². The first-order valence-corrected chi connectivity index (χ1v) is 10.3. The van der Waals surface area contributed by atoms with Crippen molar-refractivity contribution in [3.63, 3.8) is 0 Å². The van der Waals surface area contributed by atoms with Crippen LogP contribution < -0.4 is 0 Å². The maximum absolute atomic E-state index is 11.3. The molecule has 136 valence electrons. The first-order valence-electron chi connectivity index (χ1n) is 9.90. The summed E-state index contributed by atoms with van der Waals surface area (Å²) in [5.74, 6) is 0.0414. The van der Waals surface area contributed by atoms with Crippen LogP contribution in [-0.2, 0) is 9.59 Å². The molecule has 0 amide bonds. The maximum Gasteiger partial charge on any atom is 0.193 e. The van der Waals surface area contributed by atoms with Gasteiger partial charge in [-0.15, -0.1) is 12.6 Å².